The van der Waals surface area contributed by atoms with Crippen LogP contribution in [-0.4, -0.2) is 41.0 Å². The Bertz CT molecular complexity index is 499. The lowest BCUT2D eigenvalue weighted by Crippen LogP contribution is -2.51. The molecule has 1 saturated carbocycles. The lowest BCUT2D eigenvalue weighted by Gasteiger charge is -2.41. The highest BCUT2D eigenvalue weighted by molar-refractivity contribution is 6.60. The van der Waals surface area contributed by atoms with Crippen molar-refractivity contribution in [1.29, 1.82) is 0 Å². The molecule has 0 aliphatic heterocycles. The van der Waals surface area contributed by atoms with E-state index in [2.05, 4.69) is 24.3 Å². The first-order valence-electron chi connectivity index (χ1n) is 9.15. The van der Waals surface area contributed by atoms with Gasteiger partial charge in [-0.25, -0.2) is 0 Å². The molecule has 2 rings (SSSR count). The number of hydrogen-bond acceptors (Lipinski definition) is 5. The Kier molecular flexibility index (Phi) is 7.61. The van der Waals surface area contributed by atoms with Crippen molar-refractivity contribution in [2.75, 3.05) is 21.3 Å². The minimum atomic E-state index is -2.52. The maximum Gasteiger partial charge on any atom is 0.500 e. The lowest BCUT2D eigenvalue weighted by molar-refractivity contribution is -0.0606. The molecule has 6 heteroatoms. The summed E-state index contributed by atoms with van der Waals surface area (Å²) < 4.78 is 16.6. The quantitative estimate of drug-likeness (QED) is 0.518. The molecule has 1 fully saturated rings. The van der Waals surface area contributed by atoms with Gasteiger partial charge in [0.25, 0.3) is 0 Å². The average molecular weight is 368 g/mol. The highest BCUT2D eigenvalue weighted by Gasteiger charge is 2.42. The Balaban J connectivity index is 1.91. The van der Waals surface area contributed by atoms with Crippen LogP contribution in [0.25, 0.3) is 0 Å². The van der Waals surface area contributed by atoms with E-state index in [4.69, 9.17) is 19.0 Å². The first kappa shape index (κ1) is 20.5. The summed E-state index contributed by atoms with van der Waals surface area (Å²) in [7, 11) is 2.44. The summed E-state index contributed by atoms with van der Waals surface area (Å²) in [5.74, 6) is 0.645. The lowest BCUT2D eigenvalue weighted by atomic mass is 9.73. The van der Waals surface area contributed by atoms with E-state index in [0.29, 0.717) is 12.3 Å². The monoisotopic (exact) mass is 367 g/mol. The summed E-state index contributed by atoms with van der Waals surface area (Å²) in [5.41, 5.74) is 6.44. The van der Waals surface area contributed by atoms with E-state index in [1.807, 2.05) is 6.07 Å². The van der Waals surface area contributed by atoms with Crippen LogP contribution in [0.15, 0.2) is 30.3 Å². The van der Waals surface area contributed by atoms with Crippen LogP contribution in [-0.2, 0) is 19.7 Å². The van der Waals surface area contributed by atoms with Gasteiger partial charge in [-0.05, 0) is 50.0 Å². The minimum Gasteiger partial charge on any atom is -0.377 e. The zero-order valence-corrected chi connectivity index (χ0v) is 16.7. The molecule has 3 N–H and O–H groups in total. The van der Waals surface area contributed by atoms with Crippen molar-refractivity contribution >= 4 is 8.80 Å². The van der Waals surface area contributed by atoms with Crippen LogP contribution in [0.4, 0.5) is 0 Å². The highest BCUT2D eigenvalue weighted by atomic mass is 28.4. The van der Waals surface area contributed by atoms with E-state index < -0.39 is 14.5 Å². The summed E-state index contributed by atoms with van der Waals surface area (Å²) in [5, 5.41) is 10.6. The molecular formula is C19H33NO4Si. The van der Waals surface area contributed by atoms with Gasteiger partial charge < -0.3 is 24.1 Å². The van der Waals surface area contributed by atoms with E-state index in [-0.39, 0.29) is 5.92 Å². The molecule has 1 aliphatic rings. The molecule has 0 spiro atoms. The van der Waals surface area contributed by atoms with Crippen LogP contribution in [0, 0.1) is 11.8 Å². The fraction of sp³-hybridized carbons (Fsp3) is 0.684. The zero-order valence-electron chi connectivity index (χ0n) is 15.7. The molecule has 142 valence electrons. The second-order valence-corrected chi connectivity index (χ2v) is 10.3. The smallest absolute Gasteiger partial charge is 0.377 e. The first-order valence-corrected chi connectivity index (χ1v) is 11.1. The van der Waals surface area contributed by atoms with Crippen LogP contribution in [0.1, 0.15) is 37.7 Å². The van der Waals surface area contributed by atoms with E-state index in [1.54, 1.807) is 21.3 Å². The third-order valence-electron chi connectivity index (χ3n) is 5.69. The van der Waals surface area contributed by atoms with Crippen LogP contribution in [0.2, 0.25) is 6.04 Å². The van der Waals surface area contributed by atoms with Crippen molar-refractivity contribution < 1.29 is 18.4 Å². The minimum absolute atomic E-state index is 0.121. The summed E-state index contributed by atoms with van der Waals surface area (Å²) in [6.07, 6.45) is 5.38. The van der Waals surface area contributed by atoms with Crippen molar-refractivity contribution in [3.63, 3.8) is 0 Å². The van der Waals surface area contributed by atoms with Crippen LogP contribution in [0.5, 0.6) is 0 Å². The maximum absolute atomic E-state index is 10.6. The van der Waals surface area contributed by atoms with Gasteiger partial charge in [-0.15, -0.1) is 0 Å². The molecule has 0 bridgehead atoms. The van der Waals surface area contributed by atoms with E-state index in [1.165, 1.54) is 5.56 Å². The van der Waals surface area contributed by atoms with Gasteiger partial charge in [0.1, 0.15) is 5.72 Å². The first-order chi connectivity index (χ1) is 11.9. The normalized spacial score (nSPS) is 27.4. The van der Waals surface area contributed by atoms with E-state index in [9.17, 15) is 5.11 Å². The molecule has 1 aromatic rings. The molecule has 3 atom stereocenters. The van der Waals surface area contributed by atoms with Gasteiger partial charge in [-0.1, -0.05) is 30.3 Å². The third kappa shape index (κ3) is 5.61. The van der Waals surface area contributed by atoms with Crippen LogP contribution < -0.4 is 5.73 Å². The molecule has 25 heavy (non-hydrogen) atoms. The van der Waals surface area contributed by atoms with Crippen LogP contribution >= 0.6 is 0 Å². The summed E-state index contributed by atoms with van der Waals surface area (Å²) in [6.45, 7) is 0. The Morgan fingerprint density at radius 3 is 2.36 bits per heavy atom. The molecule has 3 unspecified atom stereocenters. The van der Waals surface area contributed by atoms with Gasteiger partial charge in [-0.3, -0.25) is 0 Å². The van der Waals surface area contributed by atoms with Gasteiger partial charge in [-0.2, -0.15) is 0 Å². The third-order valence-corrected chi connectivity index (χ3v) is 8.46. The molecule has 1 aliphatic carbocycles. The van der Waals surface area contributed by atoms with Crippen molar-refractivity contribution in [3.8, 4) is 0 Å². The number of nitrogens with two attached hydrogens (primary N) is 1. The number of benzene rings is 1. The predicted molar refractivity (Wildman–Crippen MR) is 101 cm³/mol. The molecule has 0 heterocycles. The number of aryl methyl sites for hydroxylation is 1. The topological polar surface area (TPSA) is 73.9 Å². The number of hydrogen-bond donors (Lipinski definition) is 2. The van der Waals surface area contributed by atoms with Crippen molar-refractivity contribution in [1.82, 2.24) is 0 Å². The van der Waals surface area contributed by atoms with Gasteiger partial charge >= 0.3 is 8.80 Å². The molecular weight excluding hydrogens is 334 g/mol. The average Bonchev–Trinajstić information content (AvgIpc) is 2.64. The summed E-state index contributed by atoms with van der Waals surface area (Å²) in [6, 6.07) is 11.2. The number of rotatable bonds is 9. The second kappa shape index (κ2) is 9.25. The summed E-state index contributed by atoms with van der Waals surface area (Å²) >= 11 is 0. The molecule has 1 aromatic carbocycles. The Labute approximate surface area is 152 Å². The Hall–Kier alpha value is -0.763. The van der Waals surface area contributed by atoms with Crippen molar-refractivity contribution in [3.05, 3.63) is 35.9 Å². The standard InChI is InChI=1S/C19H33NO4Si/c1-22-25(23-2,24-3)14-12-17-11-13-19(20,21)18(15-17)10-9-16-7-5-4-6-8-16/h4-8,17-18,21H,9-15,20H2,1-3H3. The van der Waals surface area contributed by atoms with Gasteiger partial charge in [0.15, 0.2) is 0 Å². The number of aliphatic hydroxyl groups is 1. The molecule has 0 saturated heterocycles. The Morgan fingerprint density at radius 1 is 1.12 bits per heavy atom. The second-order valence-electron chi connectivity index (χ2n) is 7.19. The van der Waals surface area contributed by atoms with Gasteiger partial charge in [0, 0.05) is 33.3 Å². The molecule has 0 radical (unpaired) electrons. The fourth-order valence-electron chi connectivity index (χ4n) is 3.92. The largest absolute Gasteiger partial charge is 0.500 e. The Morgan fingerprint density at radius 2 is 1.76 bits per heavy atom. The van der Waals surface area contributed by atoms with Gasteiger partial charge in [0.2, 0.25) is 0 Å². The zero-order chi connectivity index (χ0) is 18.3. The molecule has 5 nitrogen and oxygen atoms in total. The van der Waals surface area contributed by atoms with E-state index >= 15 is 0 Å². The highest BCUT2D eigenvalue weighted by Crippen LogP contribution is 2.39. The van der Waals surface area contributed by atoms with Crippen molar-refractivity contribution in [2.45, 2.75) is 50.3 Å². The summed E-state index contributed by atoms with van der Waals surface area (Å²) in [4.78, 5) is 0. The van der Waals surface area contributed by atoms with Crippen LogP contribution in [0.3, 0.4) is 0 Å². The molecule has 0 amide bonds. The van der Waals surface area contributed by atoms with Crippen molar-refractivity contribution in [2.24, 2.45) is 17.6 Å². The SMILES string of the molecule is CO[Si](CCC1CCC(N)(O)C(CCc2ccccc2)C1)(OC)OC. The maximum atomic E-state index is 10.6. The van der Waals surface area contributed by atoms with Gasteiger partial charge in [0.05, 0.1) is 0 Å². The fourth-order valence-corrected chi connectivity index (χ4v) is 5.79. The molecule has 0 aromatic heterocycles. The van der Waals surface area contributed by atoms with E-state index in [0.717, 1.165) is 38.1 Å². The predicted octanol–water partition coefficient (Wildman–Crippen LogP) is 2.95.